The smallest absolute Gasteiger partial charge is 0.165 e. The first kappa shape index (κ1) is 13.5. The van der Waals surface area contributed by atoms with Crippen molar-refractivity contribution in [2.45, 2.75) is 32.9 Å². The summed E-state index contributed by atoms with van der Waals surface area (Å²) in [6.45, 7) is 5.85. The van der Waals surface area contributed by atoms with Crippen molar-refractivity contribution in [3.05, 3.63) is 42.0 Å². The van der Waals surface area contributed by atoms with Crippen LogP contribution < -0.4 is 10.5 Å². The monoisotopic (exact) mass is 263 g/mol. The van der Waals surface area contributed by atoms with Gasteiger partial charge in [0.15, 0.2) is 5.75 Å². The second-order valence-corrected chi connectivity index (χ2v) is 4.82. The molecule has 2 aromatic rings. The molecule has 1 aromatic carbocycles. The Bertz CT molecular complexity index is 564. The van der Waals surface area contributed by atoms with E-state index in [2.05, 4.69) is 5.10 Å². The highest BCUT2D eigenvalue weighted by Crippen LogP contribution is 2.29. The number of nitrogens with two attached hydrogens (primary N) is 1. The number of hydrogen-bond donors (Lipinski definition) is 1. The van der Waals surface area contributed by atoms with Gasteiger partial charge in [0.2, 0.25) is 0 Å². The molecule has 0 fully saturated rings. The van der Waals surface area contributed by atoms with Crippen molar-refractivity contribution < 1.29 is 9.13 Å². The van der Waals surface area contributed by atoms with Gasteiger partial charge in [-0.1, -0.05) is 0 Å². The summed E-state index contributed by atoms with van der Waals surface area (Å²) >= 11 is 0. The standard InChI is InChI=1S/C14H18FN3O/c1-9(2)18-8-12(7-17-18)19-14-5-4-11(15)6-13(14)10(3)16/h4-10H,16H2,1-3H3/t10-/m0/s1. The van der Waals surface area contributed by atoms with Crippen molar-refractivity contribution in [1.82, 2.24) is 9.78 Å². The number of benzene rings is 1. The van der Waals surface area contributed by atoms with E-state index in [4.69, 9.17) is 10.5 Å². The van der Waals surface area contributed by atoms with Crippen LogP contribution in [0.3, 0.4) is 0 Å². The third-order valence-corrected chi connectivity index (χ3v) is 2.80. The Labute approximate surface area is 112 Å². The van der Waals surface area contributed by atoms with Gasteiger partial charge in [0.05, 0.1) is 12.4 Å². The lowest BCUT2D eigenvalue weighted by molar-refractivity contribution is 0.465. The molecule has 0 radical (unpaired) electrons. The number of hydrogen-bond acceptors (Lipinski definition) is 3. The SMILES string of the molecule is CC(C)n1cc(Oc2ccc(F)cc2[C@H](C)N)cn1. The predicted octanol–water partition coefficient (Wildman–Crippen LogP) is 3.42. The fraction of sp³-hybridized carbons (Fsp3) is 0.357. The van der Waals surface area contributed by atoms with Gasteiger partial charge < -0.3 is 10.5 Å². The summed E-state index contributed by atoms with van der Waals surface area (Å²) in [7, 11) is 0. The molecule has 19 heavy (non-hydrogen) atoms. The van der Waals surface area contributed by atoms with Crippen molar-refractivity contribution >= 4 is 0 Å². The van der Waals surface area contributed by atoms with E-state index in [1.54, 1.807) is 30.1 Å². The van der Waals surface area contributed by atoms with Gasteiger partial charge in [-0.25, -0.2) is 4.39 Å². The molecular weight excluding hydrogens is 245 g/mol. The average Bonchev–Trinajstić information content (AvgIpc) is 2.80. The van der Waals surface area contributed by atoms with Gasteiger partial charge in [-0.15, -0.1) is 0 Å². The summed E-state index contributed by atoms with van der Waals surface area (Å²) in [6.07, 6.45) is 3.44. The summed E-state index contributed by atoms with van der Waals surface area (Å²) in [6, 6.07) is 4.30. The second kappa shape index (κ2) is 5.40. The zero-order valence-electron chi connectivity index (χ0n) is 11.3. The van der Waals surface area contributed by atoms with Gasteiger partial charge in [0.25, 0.3) is 0 Å². The molecule has 0 aliphatic rings. The largest absolute Gasteiger partial charge is 0.454 e. The maximum Gasteiger partial charge on any atom is 0.165 e. The minimum absolute atomic E-state index is 0.262. The molecule has 1 heterocycles. The minimum Gasteiger partial charge on any atom is -0.454 e. The highest BCUT2D eigenvalue weighted by atomic mass is 19.1. The van der Waals surface area contributed by atoms with Crippen LogP contribution in [-0.4, -0.2) is 9.78 Å². The molecule has 0 saturated carbocycles. The summed E-state index contributed by atoms with van der Waals surface area (Å²) in [5, 5.41) is 4.19. The van der Waals surface area contributed by atoms with Crippen LogP contribution in [0.15, 0.2) is 30.6 Å². The van der Waals surface area contributed by atoms with E-state index in [0.29, 0.717) is 17.1 Å². The average molecular weight is 263 g/mol. The summed E-state index contributed by atoms with van der Waals surface area (Å²) in [5.41, 5.74) is 6.46. The molecule has 0 amide bonds. The molecule has 0 unspecified atom stereocenters. The van der Waals surface area contributed by atoms with Gasteiger partial charge in [0, 0.05) is 17.6 Å². The lowest BCUT2D eigenvalue weighted by atomic mass is 10.1. The van der Waals surface area contributed by atoms with Crippen LogP contribution in [0.2, 0.25) is 0 Å². The van der Waals surface area contributed by atoms with Gasteiger partial charge in [0.1, 0.15) is 11.6 Å². The van der Waals surface area contributed by atoms with Gasteiger partial charge in [-0.3, -0.25) is 4.68 Å². The molecule has 4 nitrogen and oxygen atoms in total. The Hall–Kier alpha value is -1.88. The zero-order chi connectivity index (χ0) is 14.0. The van der Waals surface area contributed by atoms with Gasteiger partial charge in [-0.05, 0) is 39.0 Å². The van der Waals surface area contributed by atoms with E-state index in [0.717, 1.165) is 0 Å². The molecule has 0 aliphatic carbocycles. The molecule has 102 valence electrons. The number of nitrogens with zero attached hydrogens (tertiary/aromatic N) is 2. The van der Waals surface area contributed by atoms with E-state index >= 15 is 0 Å². The lowest BCUT2D eigenvalue weighted by Crippen LogP contribution is -2.07. The number of ether oxygens (including phenoxy) is 1. The van der Waals surface area contributed by atoms with Crippen molar-refractivity contribution in [1.29, 1.82) is 0 Å². The highest BCUT2D eigenvalue weighted by Gasteiger charge is 2.11. The lowest BCUT2D eigenvalue weighted by Gasteiger charge is -2.12. The van der Waals surface area contributed by atoms with Crippen LogP contribution in [0.5, 0.6) is 11.5 Å². The Balaban J connectivity index is 2.27. The fourth-order valence-electron chi connectivity index (χ4n) is 1.75. The maximum atomic E-state index is 13.2. The van der Waals surface area contributed by atoms with E-state index in [9.17, 15) is 4.39 Å². The first-order chi connectivity index (χ1) is 8.97. The summed E-state index contributed by atoms with van der Waals surface area (Å²) < 4.78 is 20.8. The molecule has 2 N–H and O–H groups in total. The van der Waals surface area contributed by atoms with Crippen LogP contribution in [0.4, 0.5) is 4.39 Å². The van der Waals surface area contributed by atoms with Crippen molar-refractivity contribution in [2.24, 2.45) is 5.73 Å². The molecule has 0 saturated heterocycles. The van der Waals surface area contributed by atoms with E-state index in [1.807, 2.05) is 13.8 Å². The number of rotatable bonds is 4. The van der Waals surface area contributed by atoms with Crippen LogP contribution in [0, 0.1) is 5.82 Å². The number of aromatic nitrogens is 2. The minimum atomic E-state index is -0.322. The van der Waals surface area contributed by atoms with Crippen LogP contribution in [0.1, 0.15) is 38.4 Å². The summed E-state index contributed by atoms with van der Waals surface area (Å²) in [4.78, 5) is 0. The first-order valence-corrected chi connectivity index (χ1v) is 6.24. The topological polar surface area (TPSA) is 53.1 Å². The van der Waals surface area contributed by atoms with Gasteiger partial charge >= 0.3 is 0 Å². The third kappa shape index (κ3) is 3.12. The molecule has 0 bridgehead atoms. The third-order valence-electron chi connectivity index (χ3n) is 2.80. The summed E-state index contributed by atoms with van der Waals surface area (Å²) in [5.74, 6) is 0.847. The van der Waals surface area contributed by atoms with Crippen LogP contribution in [0.25, 0.3) is 0 Å². The quantitative estimate of drug-likeness (QED) is 0.919. The Morgan fingerprint density at radius 2 is 2.05 bits per heavy atom. The van der Waals surface area contributed by atoms with Gasteiger partial charge in [-0.2, -0.15) is 5.10 Å². The van der Waals surface area contributed by atoms with Crippen molar-refractivity contribution in [3.8, 4) is 11.5 Å². The van der Waals surface area contributed by atoms with E-state index in [1.165, 1.54) is 12.1 Å². The molecule has 5 heteroatoms. The Morgan fingerprint density at radius 3 is 2.63 bits per heavy atom. The molecule has 0 aliphatic heterocycles. The molecular formula is C14H18FN3O. The first-order valence-electron chi connectivity index (χ1n) is 6.24. The predicted molar refractivity (Wildman–Crippen MR) is 71.7 cm³/mol. The van der Waals surface area contributed by atoms with Crippen LogP contribution in [-0.2, 0) is 0 Å². The van der Waals surface area contributed by atoms with Crippen molar-refractivity contribution in [2.75, 3.05) is 0 Å². The maximum absolute atomic E-state index is 13.2. The highest BCUT2D eigenvalue weighted by molar-refractivity contribution is 5.38. The van der Waals surface area contributed by atoms with Crippen molar-refractivity contribution in [3.63, 3.8) is 0 Å². The molecule has 2 rings (SSSR count). The Morgan fingerprint density at radius 1 is 1.32 bits per heavy atom. The van der Waals surface area contributed by atoms with E-state index < -0.39 is 0 Å². The van der Waals surface area contributed by atoms with E-state index in [-0.39, 0.29) is 17.9 Å². The second-order valence-electron chi connectivity index (χ2n) is 4.82. The normalized spacial score (nSPS) is 12.7. The number of halogens is 1. The zero-order valence-corrected chi connectivity index (χ0v) is 11.3. The van der Waals surface area contributed by atoms with Crippen LogP contribution >= 0.6 is 0 Å². The molecule has 1 aromatic heterocycles. The fourth-order valence-corrected chi connectivity index (χ4v) is 1.75. The molecule has 1 atom stereocenters. The Kier molecular flexibility index (Phi) is 3.85. The molecule has 0 spiro atoms.